The summed E-state index contributed by atoms with van der Waals surface area (Å²) in [4.78, 5) is 54.0. The van der Waals surface area contributed by atoms with Gasteiger partial charge >= 0.3 is 0 Å². The summed E-state index contributed by atoms with van der Waals surface area (Å²) in [6, 6.07) is 5.75. The van der Waals surface area contributed by atoms with Crippen LogP contribution in [0.4, 0.5) is 11.4 Å². The molecule has 0 saturated heterocycles. The van der Waals surface area contributed by atoms with E-state index in [9.17, 15) is 48.0 Å². The minimum Gasteiger partial charge on any atom is -0.508 e. The third kappa shape index (κ3) is 4.29. The first-order valence-corrected chi connectivity index (χ1v) is 14.2. The van der Waals surface area contributed by atoms with Crippen LogP contribution >= 0.6 is 0 Å². The third-order valence-corrected chi connectivity index (χ3v) is 9.22. The Labute approximate surface area is 243 Å². The number of ketones is 3. The van der Waals surface area contributed by atoms with Crippen molar-refractivity contribution in [2.24, 2.45) is 27.8 Å². The van der Waals surface area contributed by atoms with E-state index in [0.717, 1.165) is 18.2 Å². The van der Waals surface area contributed by atoms with Crippen molar-refractivity contribution < 1.29 is 52.6 Å². The summed E-state index contributed by atoms with van der Waals surface area (Å²) in [5, 5.41) is 52.9. The lowest BCUT2D eigenvalue weighted by Crippen LogP contribution is -2.74. The molecule has 5 rings (SSSR count). The van der Waals surface area contributed by atoms with Crippen LogP contribution in [-0.2, 0) is 30.9 Å². The number of rotatable bonds is 5. The number of aliphatic hydroxyl groups excluding tert-OH is 1. The Bertz CT molecular complexity index is 1780. The van der Waals surface area contributed by atoms with Crippen LogP contribution in [0.25, 0.3) is 0 Å². The van der Waals surface area contributed by atoms with Gasteiger partial charge in [0.25, 0.3) is 16.0 Å². The van der Waals surface area contributed by atoms with Crippen molar-refractivity contribution in [2.75, 3.05) is 14.1 Å². The average molecular weight is 615 g/mol. The van der Waals surface area contributed by atoms with Gasteiger partial charge in [0.2, 0.25) is 11.6 Å². The Hall–Kier alpha value is -4.35. The van der Waals surface area contributed by atoms with E-state index in [1.54, 1.807) is 0 Å². The molecule has 0 aromatic heterocycles. The molecule has 0 bridgehead atoms. The van der Waals surface area contributed by atoms with Crippen LogP contribution in [0.15, 0.2) is 62.9 Å². The van der Waals surface area contributed by atoms with Gasteiger partial charge in [-0.15, -0.1) is 0 Å². The van der Waals surface area contributed by atoms with Crippen molar-refractivity contribution in [1.82, 2.24) is 4.90 Å². The standard InChI is InChI=1S/C27H26N4O11S/c1-31(2)20-15-10-11-9-14-16(30-29-12-3-5-13(6-4-12)43(40,41)42)7-8-17(32)18(14)22(34)26(11,38)25(37)27(15,39)23(35)19(21(20)33)24(28)36/h3-8,11,15,20,32,35,38-39H,9-10H2,1-2H3,(H2,28,36)(H,40,41,42)/t11-,15-,20-,26?,27+/m0/s1. The lowest BCUT2D eigenvalue weighted by Gasteiger charge is -2.54. The van der Waals surface area contributed by atoms with E-state index < -0.39 is 85.1 Å². The number of hydrogen-bond acceptors (Lipinski definition) is 13. The van der Waals surface area contributed by atoms with Crippen molar-refractivity contribution in [3.8, 4) is 5.75 Å². The van der Waals surface area contributed by atoms with Crippen molar-refractivity contribution in [3.05, 3.63) is 58.9 Å². The molecule has 0 spiro atoms. The lowest BCUT2D eigenvalue weighted by atomic mass is 9.52. The number of benzene rings is 2. The fraction of sp³-hybridized carbons (Fsp3) is 0.333. The molecule has 0 radical (unpaired) electrons. The quantitative estimate of drug-likeness (QED) is 0.115. The van der Waals surface area contributed by atoms with E-state index in [4.69, 9.17) is 10.3 Å². The highest BCUT2D eigenvalue weighted by molar-refractivity contribution is 7.85. The zero-order chi connectivity index (χ0) is 31.8. The molecule has 3 aliphatic rings. The molecule has 2 aromatic carbocycles. The summed E-state index contributed by atoms with van der Waals surface area (Å²) < 4.78 is 31.7. The Morgan fingerprint density at radius 3 is 2.19 bits per heavy atom. The number of primary amides is 1. The summed E-state index contributed by atoms with van der Waals surface area (Å²) in [6.45, 7) is 0. The van der Waals surface area contributed by atoms with Crippen LogP contribution in [0.5, 0.6) is 5.75 Å². The van der Waals surface area contributed by atoms with E-state index in [0.29, 0.717) is 0 Å². The van der Waals surface area contributed by atoms with Crippen LogP contribution in [0.3, 0.4) is 0 Å². The number of aromatic hydroxyl groups is 1. The van der Waals surface area contributed by atoms with Gasteiger partial charge in [-0.2, -0.15) is 18.6 Å². The van der Waals surface area contributed by atoms with Crippen LogP contribution < -0.4 is 5.73 Å². The molecule has 5 atom stereocenters. The minimum absolute atomic E-state index is 0.0537. The average Bonchev–Trinajstić information content (AvgIpc) is 2.92. The van der Waals surface area contributed by atoms with Gasteiger partial charge in [0.1, 0.15) is 17.1 Å². The number of nitrogens with two attached hydrogens (primary N) is 1. The molecule has 3 aliphatic carbocycles. The number of Topliss-reactive ketones (excluding diaryl/α,β-unsaturated/α-hetero) is 3. The first-order chi connectivity index (χ1) is 19.9. The zero-order valence-corrected chi connectivity index (χ0v) is 23.4. The second-order valence-electron chi connectivity index (χ2n) is 10.9. The molecule has 226 valence electrons. The molecule has 1 fully saturated rings. The van der Waals surface area contributed by atoms with Gasteiger partial charge in [0, 0.05) is 11.8 Å². The predicted molar refractivity (Wildman–Crippen MR) is 144 cm³/mol. The van der Waals surface area contributed by atoms with Crippen molar-refractivity contribution in [1.29, 1.82) is 0 Å². The highest BCUT2D eigenvalue weighted by atomic mass is 32.2. The number of aliphatic hydroxyl groups is 3. The molecule has 15 nitrogen and oxygen atoms in total. The third-order valence-electron chi connectivity index (χ3n) is 8.35. The van der Waals surface area contributed by atoms with E-state index in [1.165, 1.54) is 37.2 Å². The molecule has 1 saturated carbocycles. The largest absolute Gasteiger partial charge is 0.508 e. The fourth-order valence-electron chi connectivity index (χ4n) is 6.33. The van der Waals surface area contributed by atoms with E-state index in [-0.39, 0.29) is 34.7 Å². The molecule has 1 amide bonds. The number of hydrogen-bond donors (Lipinski definition) is 6. The van der Waals surface area contributed by atoms with Gasteiger partial charge < -0.3 is 26.2 Å². The Morgan fingerprint density at radius 1 is 1.00 bits per heavy atom. The van der Waals surface area contributed by atoms with Gasteiger partial charge in [-0.3, -0.25) is 28.6 Å². The fourth-order valence-corrected chi connectivity index (χ4v) is 6.81. The predicted octanol–water partition coefficient (Wildman–Crippen LogP) is 0.271. The van der Waals surface area contributed by atoms with Gasteiger partial charge in [-0.05, 0) is 68.9 Å². The smallest absolute Gasteiger partial charge is 0.294 e. The van der Waals surface area contributed by atoms with Crippen molar-refractivity contribution in [3.63, 3.8) is 0 Å². The first kappa shape index (κ1) is 30.1. The second-order valence-corrected chi connectivity index (χ2v) is 12.3. The summed E-state index contributed by atoms with van der Waals surface area (Å²) in [6.07, 6.45) is -0.625. The van der Waals surface area contributed by atoms with Crippen LogP contribution in [0.2, 0.25) is 0 Å². The maximum Gasteiger partial charge on any atom is 0.294 e. The topological polar surface area (TPSA) is 258 Å². The van der Waals surface area contributed by atoms with Gasteiger partial charge in [0.05, 0.1) is 27.9 Å². The molecule has 2 aromatic rings. The number of likely N-dealkylation sites (N-methyl/N-ethyl adjacent to an activating group) is 1. The monoisotopic (exact) mass is 614 g/mol. The van der Waals surface area contributed by atoms with Crippen LogP contribution in [0.1, 0.15) is 22.3 Å². The molecule has 43 heavy (non-hydrogen) atoms. The molecule has 0 aliphatic heterocycles. The molecule has 1 unspecified atom stereocenters. The first-order valence-electron chi connectivity index (χ1n) is 12.8. The summed E-state index contributed by atoms with van der Waals surface area (Å²) >= 11 is 0. The lowest BCUT2D eigenvalue weighted by molar-refractivity contribution is -0.182. The van der Waals surface area contributed by atoms with Gasteiger partial charge in [0.15, 0.2) is 17.0 Å². The Kier molecular flexibility index (Phi) is 6.90. The minimum atomic E-state index is -4.44. The number of nitrogens with zero attached hydrogens (tertiary/aromatic N) is 3. The zero-order valence-electron chi connectivity index (χ0n) is 22.6. The Morgan fingerprint density at radius 2 is 1.63 bits per heavy atom. The van der Waals surface area contributed by atoms with Gasteiger partial charge in [-0.1, -0.05) is 0 Å². The van der Waals surface area contributed by atoms with E-state index >= 15 is 0 Å². The molecular formula is C27H26N4O11S. The number of carbonyl (C=O) groups is 4. The summed E-state index contributed by atoms with van der Waals surface area (Å²) in [5.74, 6) is -9.88. The van der Waals surface area contributed by atoms with Crippen molar-refractivity contribution in [2.45, 2.75) is 35.0 Å². The maximum absolute atomic E-state index is 13.9. The molecule has 16 heteroatoms. The number of fused-ring (bicyclic) bond motifs is 3. The van der Waals surface area contributed by atoms with E-state index in [2.05, 4.69) is 10.2 Å². The number of phenols is 1. The number of azo groups is 1. The Balaban J connectivity index is 1.62. The SMILES string of the molecule is CN(C)[C@@H]1C(=O)C(C(N)=O)=C(O)[C@@]2(O)C(=O)C3(O)C(=O)c4c(O)ccc(N=Nc5ccc(S(=O)(=O)O)cc5)c4C[C@H]3C[C@@H]12. The number of phenolic OH excluding ortho intramolecular Hbond substituents is 1. The molecule has 7 N–H and O–H groups in total. The molecular weight excluding hydrogens is 588 g/mol. The maximum atomic E-state index is 13.9. The number of amides is 1. The summed E-state index contributed by atoms with van der Waals surface area (Å²) in [5.41, 5.74) is -1.93. The normalized spacial score (nSPS) is 29.1. The van der Waals surface area contributed by atoms with Crippen LogP contribution in [-0.4, -0.2) is 92.9 Å². The van der Waals surface area contributed by atoms with Crippen LogP contribution in [0, 0.1) is 11.8 Å². The number of carbonyl (C=O) groups excluding carboxylic acids is 4. The van der Waals surface area contributed by atoms with Crippen molar-refractivity contribution >= 4 is 44.7 Å². The second kappa shape index (κ2) is 9.85. The highest BCUT2D eigenvalue weighted by Crippen LogP contribution is 2.54. The highest BCUT2D eigenvalue weighted by Gasteiger charge is 2.71. The van der Waals surface area contributed by atoms with Gasteiger partial charge in [-0.25, -0.2) is 0 Å². The van der Waals surface area contributed by atoms with E-state index in [1.807, 2.05) is 0 Å². The molecule has 0 heterocycles. The summed E-state index contributed by atoms with van der Waals surface area (Å²) in [7, 11) is -1.56.